The highest BCUT2D eigenvalue weighted by molar-refractivity contribution is 5.68. The number of rotatable bonds is 3. The molecule has 1 fully saturated rings. The van der Waals surface area contributed by atoms with Gasteiger partial charge >= 0.3 is 11.9 Å². The van der Waals surface area contributed by atoms with Crippen molar-refractivity contribution in [3.05, 3.63) is 11.3 Å². The Morgan fingerprint density at radius 2 is 1.69 bits per heavy atom. The summed E-state index contributed by atoms with van der Waals surface area (Å²) in [6.45, 7) is 8.37. The maximum atomic E-state index is 11.0. The lowest BCUT2D eigenvalue weighted by atomic mass is 10.1. The van der Waals surface area contributed by atoms with Crippen molar-refractivity contribution in [1.29, 1.82) is 0 Å². The Balaban J connectivity index is 2.76. The molecule has 0 spiro atoms. The van der Waals surface area contributed by atoms with Crippen LogP contribution in [-0.4, -0.2) is 17.5 Å². The predicted molar refractivity (Wildman–Crippen MR) is 58.4 cm³/mol. The third-order valence-electron chi connectivity index (χ3n) is 2.63. The topological polar surface area (TPSA) is 52.6 Å². The molecule has 0 unspecified atom stereocenters. The highest BCUT2D eigenvalue weighted by atomic mass is 16.6. The minimum Gasteiger partial charge on any atom is -0.459 e. The molecule has 0 amide bonds. The monoisotopic (exact) mass is 226 g/mol. The molecular weight excluding hydrogens is 208 g/mol. The molecule has 0 aromatic heterocycles. The van der Waals surface area contributed by atoms with Gasteiger partial charge in [-0.1, -0.05) is 0 Å². The van der Waals surface area contributed by atoms with E-state index in [0.717, 1.165) is 5.57 Å². The maximum absolute atomic E-state index is 11.0. The quantitative estimate of drug-likeness (QED) is 0.546. The maximum Gasteiger partial charge on any atom is 0.307 e. The predicted octanol–water partition coefficient (Wildman–Crippen LogP) is 2.19. The Hall–Kier alpha value is -1.32. The summed E-state index contributed by atoms with van der Waals surface area (Å²) < 4.78 is 10.4. The number of hydrogen-bond donors (Lipinski definition) is 0. The Morgan fingerprint density at radius 3 is 2.06 bits per heavy atom. The van der Waals surface area contributed by atoms with Crippen LogP contribution in [0.2, 0.25) is 0 Å². The molecule has 0 aromatic rings. The van der Waals surface area contributed by atoms with Crippen LogP contribution in [0.25, 0.3) is 0 Å². The number of carbonyl (C=O) groups is 2. The van der Waals surface area contributed by atoms with Crippen LogP contribution in [0, 0.1) is 5.92 Å². The van der Waals surface area contributed by atoms with Gasteiger partial charge < -0.3 is 9.47 Å². The molecule has 2 atom stereocenters. The van der Waals surface area contributed by atoms with Gasteiger partial charge in [-0.25, -0.2) is 0 Å². The van der Waals surface area contributed by atoms with Gasteiger partial charge in [0, 0.05) is 20.3 Å². The average Bonchev–Trinajstić information content (AvgIpc) is 2.70. The fourth-order valence-electron chi connectivity index (χ4n) is 1.83. The van der Waals surface area contributed by atoms with Gasteiger partial charge in [0.1, 0.15) is 11.4 Å². The molecule has 4 nitrogen and oxygen atoms in total. The number of hydrogen-bond acceptors (Lipinski definition) is 4. The Morgan fingerprint density at radius 1 is 1.12 bits per heavy atom. The molecule has 90 valence electrons. The number of esters is 2. The first-order valence-electron chi connectivity index (χ1n) is 5.31. The second kappa shape index (κ2) is 4.28. The lowest BCUT2D eigenvalue weighted by molar-refractivity contribution is -0.148. The first-order valence-corrected chi connectivity index (χ1v) is 5.31. The second-order valence-electron chi connectivity index (χ2n) is 4.62. The molecule has 0 saturated heterocycles. The van der Waals surface area contributed by atoms with Crippen LogP contribution in [0.15, 0.2) is 11.3 Å². The first kappa shape index (κ1) is 12.7. The molecule has 0 aliphatic heterocycles. The van der Waals surface area contributed by atoms with Gasteiger partial charge in [-0.15, -0.1) is 0 Å². The van der Waals surface area contributed by atoms with Crippen LogP contribution in [0.4, 0.5) is 0 Å². The molecule has 16 heavy (non-hydrogen) atoms. The summed E-state index contributed by atoms with van der Waals surface area (Å²) in [4.78, 5) is 21.9. The molecule has 1 aliphatic rings. The van der Waals surface area contributed by atoms with Gasteiger partial charge in [0.2, 0.25) is 0 Å². The largest absolute Gasteiger partial charge is 0.459 e. The van der Waals surface area contributed by atoms with E-state index in [2.05, 4.69) is 0 Å². The summed E-state index contributed by atoms with van der Waals surface area (Å²) in [5, 5.41) is 0. The van der Waals surface area contributed by atoms with Crippen molar-refractivity contribution in [3.63, 3.8) is 0 Å². The van der Waals surface area contributed by atoms with Crippen molar-refractivity contribution >= 4 is 11.9 Å². The fourth-order valence-corrected chi connectivity index (χ4v) is 1.83. The highest BCUT2D eigenvalue weighted by Gasteiger charge is 2.57. The Bertz CT molecular complexity index is 352. The van der Waals surface area contributed by atoms with Crippen LogP contribution in [0.3, 0.4) is 0 Å². The van der Waals surface area contributed by atoms with Crippen LogP contribution < -0.4 is 0 Å². The van der Waals surface area contributed by atoms with E-state index < -0.39 is 5.60 Å². The van der Waals surface area contributed by atoms with Crippen molar-refractivity contribution in [2.45, 2.75) is 46.6 Å². The molecule has 0 heterocycles. The number of allylic oxidation sites excluding steroid dienone is 1. The van der Waals surface area contributed by atoms with E-state index >= 15 is 0 Å². The zero-order valence-corrected chi connectivity index (χ0v) is 10.4. The van der Waals surface area contributed by atoms with Crippen molar-refractivity contribution in [2.24, 2.45) is 5.92 Å². The van der Waals surface area contributed by atoms with E-state index in [1.54, 1.807) is 0 Å². The molecule has 1 saturated carbocycles. The third kappa shape index (κ3) is 2.84. The summed E-state index contributed by atoms with van der Waals surface area (Å²) in [7, 11) is 0. The molecule has 0 aromatic carbocycles. The lowest BCUT2D eigenvalue weighted by Gasteiger charge is -2.14. The van der Waals surface area contributed by atoms with Gasteiger partial charge in [-0.05, 0) is 26.3 Å². The van der Waals surface area contributed by atoms with Crippen LogP contribution in [0.1, 0.15) is 41.0 Å². The van der Waals surface area contributed by atoms with Gasteiger partial charge in [0.05, 0.1) is 5.92 Å². The number of carbonyl (C=O) groups excluding carboxylic acids is 2. The van der Waals surface area contributed by atoms with Gasteiger partial charge in [-0.3, -0.25) is 9.59 Å². The van der Waals surface area contributed by atoms with Crippen LogP contribution in [-0.2, 0) is 19.1 Å². The first-order chi connectivity index (χ1) is 7.26. The molecule has 0 bridgehead atoms. The van der Waals surface area contributed by atoms with E-state index in [1.807, 2.05) is 20.8 Å². The zero-order valence-electron chi connectivity index (χ0n) is 10.4. The normalized spacial score (nSPS) is 26.9. The van der Waals surface area contributed by atoms with Gasteiger partial charge in [0.25, 0.3) is 0 Å². The number of ether oxygens (including phenoxy) is 2. The lowest BCUT2D eigenvalue weighted by Crippen LogP contribution is -2.18. The Labute approximate surface area is 95.6 Å². The standard InChI is InChI=1S/C12H18O4/c1-7(2)11(15-8(3)13)10-6-12(10,5)16-9(4)14/h10H,6H2,1-5H3/t10-,12+/m0/s1. The fraction of sp³-hybridized carbons (Fsp3) is 0.667. The summed E-state index contributed by atoms with van der Waals surface area (Å²) >= 11 is 0. The van der Waals surface area contributed by atoms with Gasteiger partial charge in [0.15, 0.2) is 0 Å². The minimum absolute atomic E-state index is 0.00491. The van der Waals surface area contributed by atoms with E-state index in [4.69, 9.17) is 9.47 Å². The van der Waals surface area contributed by atoms with E-state index in [-0.39, 0.29) is 17.9 Å². The van der Waals surface area contributed by atoms with Crippen molar-refractivity contribution in [3.8, 4) is 0 Å². The van der Waals surface area contributed by atoms with E-state index in [0.29, 0.717) is 12.2 Å². The second-order valence-corrected chi connectivity index (χ2v) is 4.62. The van der Waals surface area contributed by atoms with Crippen LogP contribution in [0.5, 0.6) is 0 Å². The van der Waals surface area contributed by atoms with Gasteiger partial charge in [-0.2, -0.15) is 0 Å². The van der Waals surface area contributed by atoms with Crippen molar-refractivity contribution in [2.75, 3.05) is 0 Å². The molecule has 0 N–H and O–H groups in total. The van der Waals surface area contributed by atoms with Crippen molar-refractivity contribution in [1.82, 2.24) is 0 Å². The minimum atomic E-state index is -0.506. The highest BCUT2D eigenvalue weighted by Crippen LogP contribution is 2.52. The zero-order chi connectivity index (χ0) is 12.5. The summed E-state index contributed by atoms with van der Waals surface area (Å²) in [6.07, 6.45) is 0.709. The Kier molecular flexibility index (Phi) is 3.41. The molecule has 0 radical (unpaired) electrons. The van der Waals surface area contributed by atoms with Crippen molar-refractivity contribution < 1.29 is 19.1 Å². The van der Waals surface area contributed by atoms with E-state index in [1.165, 1.54) is 13.8 Å². The molecular formula is C12H18O4. The van der Waals surface area contributed by atoms with E-state index in [9.17, 15) is 9.59 Å². The summed E-state index contributed by atoms with van der Waals surface area (Å²) in [6, 6.07) is 0. The molecule has 1 aliphatic carbocycles. The molecule has 4 heteroatoms. The SMILES string of the molecule is CC(=O)OC(=C(C)C)[C@@H]1C[C@@]1(C)OC(C)=O. The third-order valence-corrected chi connectivity index (χ3v) is 2.63. The smallest absolute Gasteiger partial charge is 0.307 e. The summed E-state index contributed by atoms with van der Waals surface area (Å²) in [5.41, 5.74) is 0.435. The average molecular weight is 226 g/mol. The van der Waals surface area contributed by atoms with Crippen LogP contribution >= 0.6 is 0 Å². The molecule has 1 rings (SSSR count). The summed E-state index contributed by atoms with van der Waals surface area (Å²) in [5.74, 6) is -0.00393.